The Hall–Kier alpha value is -1.12. The van der Waals surface area contributed by atoms with Gasteiger partial charge in [-0.2, -0.15) is 0 Å². The monoisotopic (exact) mass is 597 g/mol. The van der Waals surface area contributed by atoms with Crippen LogP contribution in [-0.4, -0.2) is 8.07 Å². The first-order valence-corrected chi connectivity index (χ1v) is 16.7. The molecule has 0 saturated carbocycles. The number of benzene rings is 2. The van der Waals surface area contributed by atoms with E-state index in [4.69, 9.17) is 4.42 Å². The smallest absolute Gasteiger partial charge is 1.00 e. The Morgan fingerprint density at radius 3 is 2.26 bits per heavy atom. The first-order chi connectivity index (χ1) is 15.8. The van der Waals surface area contributed by atoms with Crippen molar-refractivity contribution in [2.75, 3.05) is 0 Å². The van der Waals surface area contributed by atoms with Crippen molar-refractivity contribution in [2.45, 2.75) is 62.3 Å². The summed E-state index contributed by atoms with van der Waals surface area (Å²) >= 11 is 1.59. The van der Waals surface area contributed by atoms with Crippen molar-refractivity contribution in [3.8, 4) is 11.1 Å². The molecule has 0 spiro atoms. The largest absolute Gasteiger partial charge is 1.00 e. The zero-order valence-corrected chi connectivity index (χ0v) is 26.2. The van der Waals surface area contributed by atoms with Crippen molar-refractivity contribution in [1.29, 1.82) is 0 Å². The van der Waals surface area contributed by atoms with E-state index >= 15 is 0 Å². The van der Waals surface area contributed by atoms with E-state index in [-0.39, 0.29) is 24.8 Å². The molecular weight excluding hydrogens is 567 g/mol. The van der Waals surface area contributed by atoms with Gasteiger partial charge in [-0.3, -0.25) is 0 Å². The SMILES string of the molecule is CC1=C2c3cocc3C1[Si]2(C)C.CCCCc1ccc(-c2cccc3c2C=C(C)[CH]3[Zr+2])cc1.[Cl-].[Cl-]. The number of unbranched alkanes of at least 4 members (excludes halogenated alkanes) is 1. The molecular formula is C30H33Cl2OSiZr. The van der Waals surface area contributed by atoms with E-state index in [1.165, 1.54) is 63.8 Å². The minimum Gasteiger partial charge on any atom is -1.00 e. The van der Waals surface area contributed by atoms with Gasteiger partial charge >= 0.3 is 143 Å². The molecule has 0 fully saturated rings. The van der Waals surface area contributed by atoms with Gasteiger partial charge in [-0.05, 0) is 12.1 Å². The van der Waals surface area contributed by atoms with E-state index < -0.39 is 8.07 Å². The molecule has 5 heteroatoms. The molecule has 7 rings (SSSR count). The van der Waals surface area contributed by atoms with Crippen LogP contribution in [0.5, 0.6) is 0 Å². The van der Waals surface area contributed by atoms with Crippen molar-refractivity contribution in [3.63, 3.8) is 0 Å². The maximum absolute atomic E-state index is 5.22. The molecule has 0 saturated heterocycles. The van der Waals surface area contributed by atoms with Gasteiger partial charge < -0.3 is 29.2 Å². The molecule has 1 nitrogen and oxygen atoms in total. The maximum atomic E-state index is 5.22. The standard InChI is InChI=1S/C20H21.C10H12OSi.2ClH.Zr/c1-3-4-6-16-9-11-17(12-10-16)19-8-5-7-18-13-15(2)14-20(18)19;1-6-9-7-4-11-5-8(7)10(6)12(9,2)3;;;/h5,7-14H,3-4,6H2,1-2H3;4-5,9H,1-3H3;2*1H;/q;;;;+2/p-2. The average molecular weight is 600 g/mol. The number of hydrogen-bond donors (Lipinski definition) is 0. The van der Waals surface area contributed by atoms with Crippen LogP contribution in [0.1, 0.15) is 70.6 Å². The number of allylic oxidation sites excluding steroid dienone is 2. The van der Waals surface area contributed by atoms with Gasteiger partial charge in [0.05, 0.1) is 20.6 Å². The second-order valence-corrected chi connectivity index (χ2v) is 16.3. The summed E-state index contributed by atoms with van der Waals surface area (Å²) in [6.07, 6.45) is 9.99. The summed E-state index contributed by atoms with van der Waals surface area (Å²) in [6, 6.07) is 15.9. The summed E-state index contributed by atoms with van der Waals surface area (Å²) in [7, 11) is -1.04. The van der Waals surface area contributed by atoms with Crippen LogP contribution >= 0.6 is 0 Å². The molecule has 3 heterocycles. The topological polar surface area (TPSA) is 13.1 Å². The van der Waals surface area contributed by atoms with Gasteiger partial charge in [0, 0.05) is 16.7 Å². The Morgan fingerprint density at radius 1 is 0.914 bits per heavy atom. The number of rotatable bonds is 4. The summed E-state index contributed by atoms with van der Waals surface area (Å²) < 4.78 is 5.87. The summed E-state index contributed by atoms with van der Waals surface area (Å²) in [6.45, 7) is 11.7. The number of fused-ring (bicyclic) bond motifs is 1. The van der Waals surface area contributed by atoms with E-state index in [0.29, 0.717) is 3.63 Å². The van der Waals surface area contributed by atoms with E-state index in [0.717, 1.165) is 5.54 Å². The molecule has 3 aromatic rings. The molecule has 0 N–H and O–H groups in total. The van der Waals surface area contributed by atoms with Crippen LogP contribution in [0, 0.1) is 0 Å². The van der Waals surface area contributed by atoms with Crippen LogP contribution in [-0.2, 0) is 31.1 Å². The van der Waals surface area contributed by atoms with Gasteiger partial charge in [-0.1, -0.05) is 18.7 Å². The first kappa shape index (κ1) is 28.5. The zero-order chi connectivity index (χ0) is 23.3. The van der Waals surface area contributed by atoms with E-state index in [1.807, 2.05) is 12.5 Å². The first-order valence-electron chi connectivity index (χ1n) is 12.2. The third-order valence-electron chi connectivity index (χ3n) is 7.83. The molecule has 2 atom stereocenters. The van der Waals surface area contributed by atoms with Crippen molar-refractivity contribution in [2.24, 2.45) is 0 Å². The second kappa shape index (κ2) is 11.1. The third-order valence-corrected chi connectivity index (χ3v) is 13.9. The summed E-state index contributed by atoms with van der Waals surface area (Å²) in [5.74, 6) is 0. The quantitative estimate of drug-likeness (QED) is 0.421. The molecule has 2 aliphatic carbocycles. The molecule has 181 valence electrons. The van der Waals surface area contributed by atoms with Gasteiger partial charge in [0.1, 0.15) is 0 Å². The molecule has 2 bridgehead atoms. The van der Waals surface area contributed by atoms with Crippen LogP contribution in [0.3, 0.4) is 0 Å². The number of halogens is 2. The molecule has 0 radical (unpaired) electrons. The van der Waals surface area contributed by atoms with Gasteiger partial charge in [-0.15, -0.1) is 0 Å². The van der Waals surface area contributed by atoms with Gasteiger partial charge in [0.2, 0.25) is 0 Å². The van der Waals surface area contributed by atoms with Crippen molar-refractivity contribution in [3.05, 3.63) is 94.0 Å². The second-order valence-electron chi connectivity index (χ2n) is 10.4. The normalized spacial score (nSPS) is 19.9. The fraction of sp³-hybridized carbons (Fsp3) is 0.333. The minimum atomic E-state index is -1.04. The summed E-state index contributed by atoms with van der Waals surface area (Å²) in [4.78, 5) is 0. The van der Waals surface area contributed by atoms with Crippen LogP contribution in [0.15, 0.2) is 70.6 Å². The van der Waals surface area contributed by atoms with Crippen LogP contribution in [0.2, 0.25) is 13.1 Å². The fourth-order valence-electron chi connectivity index (χ4n) is 6.21. The van der Waals surface area contributed by atoms with Crippen LogP contribution < -0.4 is 24.8 Å². The van der Waals surface area contributed by atoms with Crippen LogP contribution in [0.25, 0.3) is 22.4 Å². The van der Waals surface area contributed by atoms with Gasteiger partial charge in [-0.25, -0.2) is 0 Å². The Morgan fingerprint density at radius 2 is 1.63 bits per heavy atom. The Kier molecular flexibility index (Phi) is 9.02. The molecule has 2 aromatic carbocycles. The fourth-order valence-corrected chi connectivity index (χ4v) is 11.4. The maximum Gasteiger partial charge on any atom is -1.00 e. The number of furan rings is 1. The van der Waals surface area contributed by atoms with Crippen molar-refractivity contribution in [1.82, 2.24) is 0 Å². The zero-order valence-electron chi connectivity index (χ0n) is 21.2. The van der Waals surface area contributed by atoms with Gasteiger partial charge in [0.15, 0.2) is 0 Å². The molecule has 35 heavy (non-hydrogen) atoms. The molecule has 0 amide bonds. The van der Waals surface area contributed by atoms with Crippen molar-refractivity contribution >= 4 is 19.3 Å². The predicted molar refractivity (Wildman–Crippen MR) is 138 cm³/mol. The average Bonchev–Trinajstić information content (AvgIpc) is 3.50. The predicted octanol–water partition coefficient (Wildman–Crippen LogP) is 2.66. The van der Waals surface area contributed by atoms with Crippen molar-refractivity contribution < 1.29 is 54.0 Å². The Labute approximate surface area is 239 Å². The molecule has 2 aliphatic heterocycles. The van der Waals surface area contributed by atoms with Crippen LogP contribution in [0.4, 0.5) is 0 Å². The third kappa shape index (κ3) is 4.79. The number of hydrogen-bond acceptors (Lipinski definition) is 1. The summed E-state index contributed by atoms with van der Waals surface area (Å²) in [5.41, 5.74) is 14.0. The summed E-state index contributed by atoms with van der Waals surface area (Å²) in [5, 5.41) is 1.66. The molecule has 1 aromatic heterocycles. The van der Waals surface area contributed by atoms with E-state index in [9.17, 15) is 0 Å². The molecule has 4 aliphatic rings. The Bertz CT molecular complexity index is 1270. The van der Waals surface area contributed by atoms with E-state index in [2.05, 4.69) is 82.4 Å². The number of aryl methyl sites for hydroxylation is 1. The minimum absolute atomic E-state index is 0. The Balaban J connectivity index is 0.000000208. The molecule has 2 unspecified atom stereocenters. The van der Waals surface area contributed by atoms with E-state index in [1.54, 1.807) is 35.5 Å². The van der Waals surface area contributed by atoms with Gasteiger partial charge in [0.25, 0.3) is 0 Å².